The molecule has 1 aliphatic carbocycles. The molecule has 2 fully saturated rings. The Morgan fingerprint density at radius 2 is 2.10 bits per heavy atom. The Balaban J connectivity index is 1.65. The molecule has 1 saturated heterocycles. The summed E-state index contributed by atoms with van der Waals surface area (Å²) >= 11 is 6.16. The van der Waals surface area contributed by atoms with E-state index in [9.17, 15) is 9.59 Å². The number of halogens is 1. The third-order valence-corrected chi connectivity index (χ3v) is 4.41. The van der Waals surface area contributed by atoms with Crippen LogP contribution in [-0.2, 0) is 14.3 Å². The zero-order chi connectivity index (χ0) is 15.0. The molecule has 1 amide bonds. The molecule has 1 N–H and O–H groups in total. The topological polar surface area (TPSA) is 66.8 Å². The Bertz CT molecular complexity index is 577. The lowest BCUT2D eigenvalue weighted by Crippen LogP contribution is -2.49. The number of carbonyl (C=O) groups excluding carboxylic acids is 1. The van der Waals surface area contributed by atoms with Gasteiger partial charge in [0.1, 0.15) is 0 Å². The molecule has 5 nitrogen and oxygen atoms in total. The van der Waals surface area contributed by atoms with Crippen molar-refractivity contribution in [3.63, 3.8) is 0 Å². The van der Waals surface area contributed by atoms with Gasteiger partial charge in [0.05, 0.1) is 13.2 Å². The predicted molar refractivity (Wildman–Crippen MR) is 76.3 cm³/mol. The fourth-order valence-corrected chi connectivity index (χ4v) is 3.10. The normalized spacial score (nSPS) is 28.2. The largest absolute Gasteiger partial charge is 0.479 e. The number of amides is 1. The van der Waals surface area contributed by atoms with Gasteiger partial charge in [0, 0.05) is 17.5 Å². The summed E-state index contributed by atoms with van der Waals surface area (Å²) in [5.41, 5.74) is 1.00. The number of carbonyl (C=O) groups is 2. The van der Waals surface area contributed by atoms with E-state index in [1.54, 1.807) is 4.90 Å². The first-order valence-corrected chi connectivity index (χ1v) is 7.33. The van der Waals surface area contributed by atoms with Gasteiger partial charge in [-0.3, -0.25) is 4.79 Å². The number of ether oxygens (including phenoxy) is 1. The van der Waals surface area contributed by atoms with Crippen LogP contribution in [0, 0.1) is 5.92 Å². The van der Waals surface area contributed by atoms with Crippen LogP contribution in [0.25, 0.3) is 0 Å². The number of aliphatic carboxylic acids is 1. The van der Waals surface area contributed by atoms with Gasteiger partial charge in [0.2, 0.25) is 5.91 Å². The van der Waals surface area contributed by atoms with Crippen LogP contribution in [0.15, 0.2) is 24.3 Å². The first kappa shape index (κ1) is 14.4. The summed E-state index contributed by atoms with van der Waals surface area (Å²) < 4.78 is 5.14. The van der Waals surface area contributed by atoms with Gasteiger partial charge in [-0.15, -0.1) is 0 Å². The van der Waals surface area contributed by atoms with E-state index in [0.717, 1.165) is 12.0 Å². The predicted octanol–water partition coefficient (Wildman–Crippen LogP) is 1.76. The number of nitrogens with zero attached hydrogens (tertiary/aromatic N) is 1. The Morgan fingerprint density at radius 3 is 2.81 bits per heavy atom. The van der Waals surface area contributed by atoms with Gasteiger partial charge in [-0.1, -0.05) is 29.8 Å². The number of morpholine rings is 1. The standard InChI is InChI=1S/C15H16ClNO4/c16-12-4-2-1-3-9(12)10-7-11(10)14(18)17-5-6-21-13(8-17)15(19)20/h1-4,10-11,13H,5-8H2,(H,19,20)/t10-,11+,13-/m0/s1. The molecule has 0 spiro atoms. The van der Waals surface area contributed by atoms with E-state index in [4.69, 9.17) is 21.4 Å². The smallest absolute Gasteiger partial charge is 0.334 e. The van der Waals surface area contributed by atoms with E-state index in [2.05, 4.69) is 0 Å². The molecular formula is C15H16ClNO4. The van der Waals surface area contributed by atoms with E-state index in [0.29, 0.717) is 11.6 Å². The molecule has 0 unspecified atom stereocenters. The van der Waals surface area contributed by atoms with Gasteiger partial charge in [0.15, 0.2) is 6.10 Å². The minimum absolute atomic E-state index is 0.00877. The van der Waals surface area contributed by atoms with Crippen molar-refractivity contribution in [1.82, 2.24) is 4.90 Å². The van der Waals surface area contributed by atoms with Crippen molar-refractivity contribution in [2.75, 3.05) is 19.7 Å². The highest BCUT2D eigenvalue weighted by Crippen LogP contribution is 2.50. The summed E-state index contributed by atoms with van der Waals surface area (Å²) in [5, 5.41) is 9.66. The van der Waals surface area contributed by atoms with E-state index in [1.165, 1.54) is 0 Å². The molecular weight excluding hydrogens is 294 g/mol. The third kappa shape index (κ3) is 2.89. The van der Waals surface area contributed by atoms with Gasteiger partial charge >= 0.3 is 5.97 Å². The van der Waals surface area contributed by atoms with Gasteiger partial charge in [-0.05, 0) is 24.0 Å². The quantitative estimate of drug-likeness (QED) is 0.924. The Hall–Kier alpha value is -1.59. The summed E-state index contributed by atoms with van der Waals surface area (Å²) in [4.78, 5) is 25.0. The average molecular weight is 310 g/mol. The lowest BCUT2D eigenvalue weighted by atomic mass is 10.1. The maximum Gasteiger partial charge on any atom is 0.334 e. The number of carboxylic acids is 1. The number of rotatable bonds is 3. The number of hydrogen-bond acceptors (Lipinski definition) is 3. The van der Waals surface area contributed by atoms with Crippen LogP contribution in [0.2, 0.25) is 5.02 Å². The molecule has 1 aliphatic heterocycles. The van der Waals surface area contributed by atoms with Crippen molar-refractivity contribution < 1.29 is 19.4 Å². The van der Waals surface area contributed by atoms with Crippen LogP contribution in [-0.4, -0.2) is 47.7 Å². The molecule has 0 bridgehead atoms. The second-order valence-corrected chi connectivity index (χ2v) is 5.86. The molecule has 2 aliphatic rings. The highest BCUT2D eigenvalue weighted by atomic mass is 35.5. The minimum Gasteiger partial charge on any atom is -0.479 e. The average Bonchev–Trinajstić information content (AvgIpc) is 3.27. The van der Waals surface area contributed by atoms with E-state index >= 15 is 0 Å². The zero-order valence-electron chi connectivity index (χ0n) is 11.4. The minimum atomic E-state index is -1.02. The summed E-state index contributed by atoms with van der Waals surface area (Å²) in [6.07, 6.45) is -0.141. The van der Waals surface area contributed by atoms with Crippen LogP contribution < -0.4 is 0 Å². The second kappa shape index (κ2) is 5.66. The van der Waals surface area contributed by atoms with Crippen molar-refractivity contribution >= 4 is 23.5 Å². The van der Waals surface area contributed by atoms with Gasteiger partial charge in [-0.2, -0.15) is 0 Å². The molecule has 3 atom stereocenters. The Kier molecular flexibility index (Phi) is 3.87. The third-order valence-electron chi connectivity index (χ3n) is 4.07. The van der Waals surface area contributed by atoms with Gasteiger partial charge in [-0.25, -0.2) is 4.79 Å². The second-order valence-electron chi connectivity index (χ2n) is 5.45. The van der Waals surface area contributed by atoms with Crippen LogP contribution in [0.4, 0.5) is 0 Å². The van der Waals surface area contributed by atoms with Crippen molar-refractivity contribution in [2.45, 2.75) is 18.4 Å². The molecule has 6 heteroatoms. The molecule has 3 rings (SSSR count). The number of benzene rings is 1. The van der Waals surface area contributed by atoms with Gasteiger partial charge < -0.3 is 14.7 Å². The fraction of sp³-hybridized carbons (Fsp3) is 0.467. The van der Waals surface area contributed by atoms with E-state index < -0.39 is 12.1 Å². The highest BCUT2D eigenvalue weighted by Gasteiger charge is 2.47. The first-order valence-electron chi connectivity index (χ1n) is 6.95. The lowest BCUT2D eigenvalue weighted by Gasteiger charge is -2.31. The summed E-state index contributed by atoms with van der Waals surface area (Å²) in [7, 11) is 0. The summed E-state index contributed by atoms with van der Waals surface area (Å²) in [6, 6.07) is 7.55. The molecule has 1 saturated carbocycles. The van der Waals surface area contributed by atoms with Crippen molar-refractivity contribution in [1.29, 1.82) is 0 Å². The van der Waals surface area contributed by atoms with E-state index in [1.807, 2.05) is 24.3 Å². The highest BCUT2D eigenvalue weighted by molar-refractivity contribution is 6.31. The lowest BCUT2D eigenvalue weighted by molar-refractivity contribution is -0.159. The maximum atomic E-state index is 12.5. The zero-order valence-corrected chi connectivity index (χ0v) is 12.1. The SMILES string of the molecule is O=C(O)[C@@H]1CN(C(=O)[C@@H]2C[C@H]2c2ccccc2Cl)CCO1. The van der Waals surface area contributed by atoms with Gasteiger partial charge in [0.25, 0.3) is 0 Å². The maximum absolute atomic E-state index is 12.5. The molecule has 21 heavy (non-hydrogen) atoms. The fourth-order valence-electron chi connectivity index (χ4n) is 2.82. The van der Waals surface area contributed by atoms with E-state index in [-0.39, 0.29) is 30.9 Å². The monoisotopic (exact) mass is 309 g/mol. The first-order chi connectivity index (χ1) is 10.1. The van der Waals surface area contributed by atoms with Crippen molar-refractivity contribution in [3.8, 4) is 0 Å². The molecule has 1 aromatic carbocycles. The van der Waals surface area contributed by atoms with Crippen LogP contribution in [0.5, 0.6) is 0 Å². The van der Waals surface area contributed by atoms with Crippen molar-refractivity contribution in [3.05, 3.63) is 34.9 Å². The molecule has 0 aromatic heterocycles. The number of carboxylic acid groups (broad SMARTS) is 1. The number of hydrogen-bond donors (Lipinski definition) is 1. The summed E-state index contributed by atoms with van der Waals surface area (Å²) in [6.45, 7) is 0.848. The Morgan fingerprint density at radius 1 is 1.33 bits per heavy atom. The Labute approximate surface area is 127 Å². The molecule has 1 aromatic rings. The molecule has 1 heterocycles. The molecule has 112 valence electrons. The van der Waals surface area contributed by atoms with Crippen LogP contribution in [0.3, 0.4) is 0 Å². The van der Waals surface area contributed by atoms with Crippen LogP contribution in [0.1, 0.15) is 17.9 Å². The van der Waals surface area contributed by atoms with Crippen LogP contribution >= 0.6 is 11.6 Å². The summed E-state index contributed by atoms with van der Waals surface area (Å²) in [5.74, 6) is -0.949. The van der Waals surface area contributed by atoms with Crippen molar-refractivity contribution in [2.24, 2.45) is 5.92 Å². The molecule has 0 radical (unpaired) electrons.